The third kappa shape index (κ3) is 1.59. The van der Waals surface area contributed by atoms with E-state index in [-0.39, 0.29) is 10.6 Å². The van der Waals surface area contributed by atoms with Crippen LogP contribution in [0.15, 0.2) is 11.8 Å². The second-order valence-corrected chi connectivity index (χ2v) is 3.33. The van der Waals surface area contributed by atoms with Crippen LogP contribution in [0.4, 0.5) is 0 Å². The van der Waals surface area contributed by atoms with Gasteiger partial charge in [0, 0.05) is 12.5 Å². The highest BCUT2D eigenvalue weighted by molar-refractivity contribution is 9.09. The number of methoxy groups -OCH3 is 1. The molecule has 0 fully saturated rings. The van der Waals surface area contributed by atoms with Gasteiger partial charge in [-0.15, -0.1) is 0 Å². The molecule has 0 aliphatic heterocycles. The molecule has 0 bridgehead atoms. The number of rotatable bonds is 1. The summed E-state index contributed by atoms with van der Waals surface area (Å²) in [5, 5.41) is 0. The summed E-state index contributed by atoms with van der Waals surface area (Å²) >= 11 is 3.40. The highest BCUT2D eigenvalue weighted by Gasteiger charge is 2.18. The number of allylic oxidation sites excluding steroid dienone is 2. The highest BCUT2D eigenvalue weighted by Crippen LogP contribution is 2.23. The summed E-state index contributed by atoms with van der Waals surface area (Å²) in [6.07, 6.45) is 3.03. The molecule has 0 spiro atoms. The molecule has 0 aromatic rings. The van der Waals surface area contributed by atoms with Crippen molar-refractivity contribution in [2.24, 2.45) is 0 Å². The van der Waals surface area contributed by atoms with E-state index in [9.17, 15) is 4.79 Å². The van der Waals surface area contributed by atoms with Crippen LogP contribution in [0.5, 0.6) is 0 Å². The Morgan fingerprint density at radius 3 is 3.00 bits per heavy atom. The van der Waals surface area contributed by atoms with Gasteiger partial charge in [-0.2, -0.15) is 0 Å². The summed E-state index contributed by atoms with van der Waals surface area (Å²) in [6.45, 7) is 0. The maximum absolute atomic E-state index is 10.8. The van der Waals surface area contributed by atoms with Crippen molar-refractivity contribution in [2.45, 2.75) is 17.7 Å². The molecule has 0 saturated heterocycles. The molecule has 0 heterocycles. The van der Waals surface area contributed by atoms with Crippen LogP contribution in [0.25, 0.3) is 0 Å². The summed E-state index contributed by atoms with van der Waals surface area (Å²) in [6, 6.07) is 0. The summed E-state index contributed by atoms with van der Waals surface area (Å²) < 4.78 is 4.97. The number of ether oxygens (including phenoxy) is 1. The smallest absolute Gasteiger partial charge is 0.159 e. The zero-order valence-corrected chi connectivity index (χ0v) is 7.35. The summed E-state index contributed by atoms with van der Waals surface area (Å²) in [5.74, 6) is 0.906. The quantitative estimate of drug-likeness (QED) is 0.608. The van der Waals surface area contributed by atoms with E-state index in [2.05, 4.69) is 15.9 Å². The van der Waals surface area contributed by atoms with E-state index in [4.69, 9.17) is 4.74 Å². The Bertz CT molecular complexity index is 174. The summed E-state index contributed by atoms with van der Waals surface area (Å²) in [4.78, 5) is 11.0. The van der Waals surface area contributed by atoms with E-state index < -0.39 is 0 Å². The Labute approximate surface area is 68.4 Å². The molecule has 3 heteroatoms. The minimum absolute atomic E-state index is 0.160. The van der Waals surface area contributed by atoms with Gasteiger partial charge in [0.25, 0.3) is 0 Å². The lowest BCUT2D eigenvalue weighted by molar-refractivity contribution is -0.115. The minimum atomic E-state index is 0.160. The predicted molar refractivity (Wildman–Crippen MR) is 42.0 cm³/mol. The molecule has 0 aromatic carbocycles. The summed E-state index contributed by atoms with van der Waals surface area (Å²) in [7, 11) is 1.58. The fourth-order valence-electron chi connectivity index (χ4n) is 0.919. The largest absolute Gasteiger partial charge is 0.500 e. The third-order valence-electron chi connectivity index (χ3n) is 1.49. The maximum Gasteiger partial charge on any atom is 0.159 e. The molecule has 0 aromatic heterocycles. The first-order valence-electron chi connectivity index (χ1n) is 3.16. The fourth-order valence-corrected chi connectivity index (χ4v) is 1.47. The minimum Gasteiger partial charge on any atom is -0.500 e. The number of hydrogen-bond acceptors (Lipinski definition) is 2. The monoisotopic (exact) mass is 204 g/mol. The Kier molecular flexibility index (Phi) is 2.49. The second-order valence-electron chi connectivity index (χ2n) is 2.22. The van der Waals surface area contributed by atoms with Crippen LogP contribution in [0, 0.1) is 0 Å². The van der Waals surface area contributed by atoms with Gasteiger partial charge in [-0.3, -0.25) is 4.79 Å². The fraction of sp³-hybridized carbons (Fsp3) is 0.571. The first-order chi connectivity index (χ1) is 4.74. The van der Waals surface area contributed by atoms with Gasteiger partial charge >= 0.3 is 0 Å². The average molecular weight is 205 g/mol. The molecule has 1 rings (SSSR count). The van der Waals surface area contributed by atoms with Gasteiger partial charge in [0.05, 0.1) is 11.9 Å². The maximum atomic E-state index is 10.8. The number of carbonyl (C=O) groups excluding carboxylic acids is 1. The van der Waals surface area contributed by atoms with Crippen molar-refractivity contribution >= 4 is 21.7 Å². The van der Waals surface area contributed by atoms with Crippen molar-refractivity contribution < 1.29 is 9.53 Å². The molecule has 10 heavy (non-hydrogen) atoms. The van der Waals surface area contributed by atoms with Crippen molar-refractivity contribution in [2.75, 3.05) is 7.11 Å². The van der Waals surface area contributed by atoms with Gasteiger partial charge in [-0.1, -0.05) is 15.9 Å². The van der Waals surface area contributed by atoms with Crippen molar-refractivity contribution in [3.05, 3.63) is 11.8 Å². The molecule has 0 saturated carbocycles. The molecule has 1 atom stereocenters. The predicted octanol–water partition coefficient (Wildman–Crippen LogP) is 1.64. The highest BCUT2D eigenvalue weighted by atomic mass is 79.9. The Morgan fingerprint density at radius 1 is 1.80 bits per heavy atom. The lowest BCUT2D eigenvalue weighted by Gasteiger charge is -2.16. The van der Waals surface area contributed by atoms with Crippen LogP contribution in [-0.4, -0.2) is 17.7 Å². The number of halogens is 1. The zero-order chi connectivity index (χ0) is 7.56. The van der Waals surface area contributed by atoms with E-state index in [1.165, 1.54) is 0 Å². The van der Waals surface area contributed by atoms with Crippen molar-refractivity contribution in [1.82, 2.24) is 0 Å². The van der Waals surface area contributed by atoms with Gasteiger partial charge in [0.1, 0.15) is 5.76 Å². The van der Waals surface area contributed by atoms with Crippen LogP contribution in [0.3, 0.4) is 0 Å². The standard InChI is InChI=1S/C7H9BrO2/c1-10-7-4-5(9)2-3-6(7)8/h4,6H,2-3H2,1H3. The van der Waals surface area contributed by atoms with Crippen molar-refractivity contribution in [1.29, 1.82) is 0 Å². The third-order valence-corrected chi connectivity index (χ3v) is 2.40. The Morgan fingerprint density at radius 2 is 2.50 bits per heavy atom. The molecular formula is C7H9BrO2. The van der Waals surface area contributed by atoms with Gasteiger partial charge in [0.15, 0.2) is 5.78 Å². The van der Waals surface area contributed by atoms with Gasteiger partial charge in [-0.05, 0) is 6.42 Å². The SMILES string of the molecule is COC1=CC(=O)CCC1Br. The van der Waals surface area contributed by atoms with Crippen LogP contribution in [0.1, 0.15) is 12.8 Å². The molecule has 1 aliphatic rings. The summed E-state index contributed by atoms with van der Waals surface area (Å²) in [5.41, 5.74) is 0. The zero-order valence-electron chi connectivity index (χ0n) is 5.76. The van der Waals surface area contributed by atoms with Crippen LogP contribution >= 0.6 is 15.9 Å². The first kappa shape index (κ1) is 7.79. The van der Waals surface area contributed by atoms with Gasteiger partial charge in [-0.25, -0.2) is 0 Å². The average Bonchev–Trinajstić information content (AvgIpc) is 1.94. The first-order valence-corrected chi connectivity index (χ1v) is 4.08. The van der Waals surface area contributed by atoms with E-state index in [1.54, 1.807) is 13.2 Å². The Hall–Kier alpha value is -0.310. The van der Waals surface area contributed by atoms with E-state index in [1.807, 2.05) is 0 Å². The van der Waals surface area contributed by atoms with Gasteiger partial charge in [0.2, 0.25) is 0 Å². The second kappa shape index (κ2) is 3.19. The molecule has 2 nitrogen and oxygen atoms in total. The van der Waals surface area contributed by atoms with Crippen molar-refractivity contribution in [3.63, 3.8) is 0 Å². The molecular weight excluding hydrogens is 196 g/mol. The van der Waals surface area contributed by atoms with Crippen molar-refractivity contribution in [3.8, 4) is 0 Å². The number of hydrogen-bond donors (Lipinski definition) is 0. The van der Waals surface area contributed by atoms with Crippen LogP contribution < -0.4 is 0 Å². The molecule has 0 radical (unpaired) electrons. The molecule has 56 valence electrons. The number of ketones is 1. The van der Waals surface area contributed by atoms with E-state index in [0.29, 0.717) is 6.42 Å². The van der Waals surface area contributed by atoms with Crippen LogP contribution in [-0.2, 0) is 9.53 Å². The lowest BCUT2D eigenvalue weighted by atomic mass is 10.1. The topological polar surface area (TPSA) is 26.3 Å². The number of alkyl halides is 1. The normalized spacial score (nSPS) is 26.0. The number of carbonyl (C=O) groups is 1. The van der Waals surface area contributed by atoms with Gasteiger partial charge < -0.3 is 4.74 Å². The molecule has 1 aliphatic carbocycles. The van der Waals surface area contributed by atoms with E-state index in [0.717, 1.165) is 12.2 Å². The molecule has 0 N–H and O–H groups in total. The molecule has 0 amide bonds. The lowest BCUT2D eigenvalue weighted by Crippen LogP contribution is -2.14. The van der Waals surface area contributed by atoms with Crippen LogP contribution in [0.2, 0.25) is 0 Å². The molecule has 1 unspecified atom stereocenters. The Balaban J connectivity index is 2.71. The van der Waals surface area contributed by atoms with E-state index >= 15 is 0 Å².